The molecule has 108 valence electrons. The van der Waals surface area contributed by atoms with Gasteiger partial charge in [0.25, 0.3) is 0 Å². The van der Waals surface area contributed by atoms with Crippen molar-refractivity contribution in [2.24, 2.45) is 5.41 Å². The molecule has 1 saturated heterocycles. The summed E-state index contributed by atoms with van der Waals surface area (Å²) in [4.78, 5) is 26.0. The molecule has 0 aromatic carbocycles. The minimum absolute atomic E-state index is 0.0430. The normalized spacial score (nSPS) is 25.9. The van der Waals surface area contributed by atoms with Gasteiger partial charge in [-0.2, -0.15) is 11.8 Å². The van der Waals surface area contributed by atoms with Gasteiger partial charge in [0.15, 0.2) is 0 Å². The number of aliphatic hydroxyl groups is 1. The van der Waals surface area contributed by atoms with Crippen LogP contribution in [0.15, 0.2) is 0 Å². The van der Waals surface area contributed by atoms with E-state index < -0.39 is 11.0 Å². The lowest BCUT2D eigenvalue weighted by Crippen LogP contribution is -2.47. The Hall–Kier alpha value is -0.550. The summed E-state index contributed by atoms with van der Waals surface area (Å²) >= 11 is 1.52. The number of imide groups is 1. The third-order valence-corrected chi connectivity index (χ3v) is 5.16. The Labute approximate surface area is 118 Å². The standard InChI is InChI=1S/C14H23NO3S/c1-13(18,10-19-2)9-15-11(16)8-14(12(15)17)6-4-3-5-7-14/h18H,3-10H2,1-2H3. The fourth-order valence-corrected chi connectivity index (χ4v) is 4.05. The first-order valence-electron chi connectivity index (χ1n) is 6.96. The lowest BCUT2D eigenvalue weighted by Gasteiger charge is -2.32. The number of thioether (sulfide) groups is 1. The Kier molecular flexibility index (Phi) is 4.26. The smallest absolute Gasteiger partial charge is 0.236 e. The molecule has 1 N–H and O–H groups in total. The van der Waals surface area contributed by atoms with Crippen LogP contribution in [0.1, 0.15) is 45.4 Å². The summed E-state index contributed by atoms with van der Waals surface area (Å²) in [6, 6.07) is 0. The molecule has 2 rings (SSSR count). The minimum atomic E-state index is -0.995. The zero-order chi connectivity index (χ0) is 14.1. The van der Waals surface area contributed by atoms with E-state index in [9.17, 15) is 14.7 Å². The average molecular weight is 285 g/mol. The SMILES string of the molecule is CSCC(C)(O)CN1C(=O)CC2(CCCCC2)C1=O. The molecular formula is C14H23NO3S. The Morgan fingerprint density at radius 2 is 1.95 bits per heavy atom. The van der Waals surface area contributed by atoms with Gasteiger partial charge in [-0.1, -0.05) is 19.3 Å². The molecule has 4 nitrogen and oxygen atoms in total. The molecule has 1 aliphatic carbocycles. The summed E-state index contributed by atoms with van der Waals surface area (Å²) in [7, 11) is 0. The minimum Gasteiger partial charge on any atom is -0.387 e. The van der Waals surface area contributed by atoms with Gasteiger partial charge in [0.05, 0.1) is 17.6 Å². The number of β-amino-alcohol motifs (C(OH)–C–C–N with tert-alkyl or cyclic N) is 1. The van der Waals surface area contributed by atoms with Crippen LogP contribution >= 0.6 is 11.8 Å². The molecule has 0 aromatic heterocycles. The van der Waals surface area contributed by atoms with Crippen LogP contribution in [0.2, 0.25) is 0 Å². The van der Waals surface area contributed by atoms with Crippen LogP contribution < -0.4 is 0 Å². The Balaban J connectivity index is 2.10. The van der Waals surface area contributed by atoms with Crippen molar-refractivity contribution in [3.8, 4) is 0 Å². The lowest BCUT2D eigenvalue weighted by molar-refractivity contribution is -0.145. The highest BCUT2D eigenvalue weighted by Crippen LogP contribution is 2.45. The number of hydrogen-bond acceptors (Lipinski definition) is 4. The van der Waals surface area contributed by atoms with E-state index in [0.717, 1.165) is 32.1 Å². The molecule has 2 aliphatic rings. The van der Waals surface area contributed by atoms with Crippen LogP contribution in [-0.4, -0.2) is 46.0 Å². The molecule has 19 heavy (non-hydrogen) atoms. The van der Waals surface area contributed by atoms with E-state index in [0.29, 0.717) is 12.2 Å². The summed E-state index contributed by atoms with van der Waals surface area (Å²) in [5.41, 5.74) is -1.43. The molecule has 2 fully saturated rings. The van der Waals surface area contributed by atoms with Crippen LogP contribution in [0.4, 0.5) is 0 Å². The number of nitrogens with zero attached hydrogens (tertiary/aromatic N) is 1. The van der Waals surface area contributed by atoms with E-state index in [1.54, 1.807) is 6.92 Å². The van der Waals surface area contributed by atoms with Gasteiger partial charge in [-0.25, -0.2) is 0 Å². The van der Waals surface area contributed by atoms with Gasteiger partial charge < -0.3 is 5.11 Å². The Bertz CT molecular complexity index is 375. The van der Waals surface area contributed by atoms with Crippen LogP contribution in [0.3, 0.4) is 0 Å². The van der Waals surface area contributed by atoms with Crippen molar-refractivity contribution in [1.82, 2.24) is 4.90 Å². The van der Waals surface area contributed by atoms with Gasteiger partial charge >= 0.3 is 0 Å². The number of amides is 2. The quantitative estimate of drug-likeness (QED) is 0.800. The molecule has 1 unspecified atom stereocenters. The van der Waals surface area contributed by atoms with Gasteiger partial charge in [0.2, 0.25) is 11.8 Å². The molecule has 1 saturated carbocycles. The summed E-state index contributed by atoms with van der Waals surface area (Å²) in [5, 5.41) is 10.2. The first-order chi connectivity index (χ1) is 8.90. The van der Waals surface area contributed by atoms with Crippen LogP contribution in [0.5, 0.6) is 0 Å². The highest BCUT2D eigenvalue weighted by molar-refractivity contribution is 7.98. The van der Waals surface area contributed by atoms with E-state index in [2.05, 4.69) is 0 Å². The zero-order valence-electron chi connectivity index (χ0n) is 11.8. The molecule has 5 heteroatoms. The van der Waals surface area contributed by atoms with Crippen molar-refractivity contribution in [2.75, 3.05) is 18.6 Å². The first-order valence-corrected chi connectivity index (χ1v) is 8.36. The van der Waals surface area contributed by atoms with Crippen LogP contribution in [0, 0.1) is 5.41 Å². The highest BCUT2D eigenvalue weighted by atomic mass is 32.2. The van der Waals surface area contributed by atoms with Gasteiger partial charge in [-0.15, -0.1) is 0 Å². The molecule has 1 spiro atoms. The molecule has 0 aromatic rings. The van der Waals surface area contributed by atoms with Crippen LogP contribution in [0.25, 0.3) is 0 Å². The van der Waals surface area contributed by atoms with E-state index in [-0.39, 0.29) is 18.4 Å². The van der Waals surface area contributed by atoms with E-state index in [1.165, 1.54) is 16.7 Å². The summed E-state index contributed by atoms with van der Waals surface area (Å²) < 4.78 is 0. The van der Waals surface area contributed by atoms with Crippen molar-refractivity contribution < 1.29 is 14.7 Å². The number of carbonyl (C=O) groups excluding carboxylic acids is 2. The maximum absolute atomic E-state index is 12.6. The third kappa shape index (κ3) is 2.97. The summed E-state index contributed by atoms with van der Waals surface area (Å²) in [6.07, 6.45) is 7.15. The molecule has 2 amide bonds. The molecule has 1 atom stereocenters. The average Bonchev–Trinajstić information content (AvgIpc) is 2.55. The van der Waals surface area contributed by atoms with Crippen molar-refractivity contribution in [1.29, 1.82) is 0 Å². The second-order valence-corrected chi connectivity index (χ2v) is 7.10. The molecule has 0 bridgehead atoms. The van der Waals surface area contributed by atoms with Crippen molar-refractivity contribution in [3.63, 3.8) is 0 Å². The predicted molar refractivity (Wildman–Crippen MR) is 75.9 cm³/mol. The van der Waals surface area contributed by atoms with E-state index in [1.807, 2.05) is 6.26 Å². The molecule has 1 heterocycles. The number of carbonyl (C=O) groups is 2. The highest BCUT2D eigenvalue weighted by Gasteiger charge is 2.52. The van der Waals surface area contributed by atoms with Crippen molar-refractivity contribution >= 4 is 23.6 Å². The maximum atomic E-state index is 12.6. The Morgan fingerprint density at radius 3 is 2.53 bits per heavy atom. The van der Waals surface area contributed by atoms with Crippen LogP contribution in [-0.2, 0) is 9.59 Å². The lowest BCUT2D eigenvalue weighted by atomic mass is 9.73. The van der Waals surface area contributed by atoms with Gasteiger partial charge in [-0.3, -0.25) is 14.5 Å². The largest absolute Gasteiger partial charge is 0.387 e. The third-order valence-electron chi connectivity index (χ3n) is 4.25. The number of hydrogen-bond donors (Lipinski definition) is 1. The second kappa shape index (κ2) is 5.44. The van der Waals surface area contributed by atoms with Gasteiger partial charge in [-0.05, 0) is 26.0 Å². The van der Waals surface area contributed by atoms with Gasteiger partial charge in [0, 0.05) is 12.2 Å². The number of likely N-dealkylation sites (tertiary alicyclic amines) is 1. The summed E-state index contributed by atoms with van der Waals surface area (Å²) in [6.45, 7) is 1.82. The molecule has 1 aliphatic heterocycles. The van der Waals surface area contributed by atoms with Gasteiger partial charge in [0.1, 0.15) is 0 Å². The van der Waals surface area contributed by atoms with Crippen molar-refractivity contribution in [3.05, 3.63) is 0 Å². The second-order valence-electron chi connectivity index (χ2n) is 6.23. The number of rotatable bonds is 4. The fourth-order valence-electron chi connectivity index (χ4n) is 3.34. The van der Waals surface area contributed by atoms with E-state index >= 15 is 0 Å². The van der Waals surface area contributed by atoms with Crippen molar-refractivity contribution in [2.45, 2.75) is 51.0 Å². The topological polar surface area (TPSA) is 57.6 Å². The fraction of sp³-hybridized carbons (Fsp3) is 0.857. The Morgan fingerprint density at radius 1 is 1.32 bits per heavy atom. The van der Waals surface area contributed by atoms with E-state index in [4.69, 9.17) is 0 Å². The maximum Gasteiger partial charge on any atom is 0.236 e. The molecule has 0 radical (unpaired) electrons. The summed E-state index contributed by atoms with van der Waals surface area (Å²) in [5.74, 6) is 0.378. The first kappa shape index (κ1) is 14.9. The molecular weight excluding hydrogens is 262 g/mol. The zero-order valence-corrected chi connectivity index (χ0v) is 12.6. The predicted octanol–water partition coefficient (Wildman–Crippen LogP) is 1.81. The monoisotopic (exact) mass is 285 g/mol.